The largest absolute Gasteiger partial charge is 0.351 e. The van der Waals surface area contributed by atoms with Crippen molar-refractivity contribution in [2.45, 2.75) is 69.9 Å². The first-order valence-corrected chi connectivity index (χ1v) is 8.53. The molecule has 0 aromatic heterocycles. The molecule has 5 heteroatoms. The van der Waals surface area contributed by atoms with E-state index in [1.165, 1.54) is 19.3 Å². The molecule has 0 radical (unpaired) electrons. The van der Waals surface area contributed by atoms with Crippen LogP contribution in [-0.2, 0) is 4.79 Å². The normalized spacial score (nSPS) is 24.9. The van der Waals surface area contributed by atoms with Crippen LogP contribution in [0.15, 0.2) is 0 Å². The molecule has 0 aromatic carbocycles. The third-order valence-corrected chi connectivity index (χ3v) is 5.32. The van der Waals surface area contributed by atoms with Gasteiger partial charge in [0.1, 0.15) is 0 Å². The maximum Gasteiger partial charge on any atom is 0.315 e. The van der Waals surface area contributed by atoms with E-state index in [-0.39, 0.29) is 12.1 Å². The SMILES string of the molecule is NC(=O)N(C1CCCCC1)C1CCN(C(=O)C2CC2)CC1. The smallest absolute Gasteiger partial charge is 0.315 e. The fourth-order valence-corrected chi connectivity index (χ4v) is 3.97. The molecule has 3 fully saturated rings. The van der Waals surface area contributed by atoms with Crippen LogP contribution in [-0.4, -0.2) is 46.9 Å². The molecule has 3 rings (SSSR count). The van der Waals surface area contributed by atoms with Crippen LogP contribution < -0.4 is 5.73 Å². The van der Waals surface area contributed by atoms with E-state index in [2.05, 4.69) is 0 Å². The molecule has 0 aromatic rings. The average Bonchev–Trinajstić information content (AvgIpc) is 3.33. The maximum absolute atomic E-state index is 12.1. The van der Waals surface area contributed by atoms with E-state index in [1.807, 2.05) is 9.80 Å². The van der Waals surface area contributed by atoms with Crippen LogP contribution in [0.2, 0.25) is 0 Å². The van der Waals surface area contributed by atoms with Crippen molar-refractivity contribution >= 4 is 11.9 Å². The van der Waals surface area contributed by atoms with Crippen LogP contribution in [0.5, 0.6) is 0 Å². The van der Waals surface area contributed by atoms with Gasteiger partial charge in [-0.1, -0.05) is 19.3 Å². The Morgan fingerprint density at radius 1 is 0.857 bits per heavy atom. The molecule has 2 aliphatic carbocycles. The van der Waals surface area contributed by atoms with Crippen molar-refractivity contribution in [3.63, 3.8) is 0 Å². The van der Waals surface area contributed by atoms with E-state index in [0.29, 0.717) is 17.9 Å². The van der Waals surface area contributed by atoms with E-state index < -0.39 is 0 Å². The number of urea groups is 1. The summed E-state index contributed by atoms with van der Waals surface area (Å²) in [6.45, 7) is 1.58. The Balaban J connectivity index is 1.57. The number of rotatable bonds is 3. The highest BCUT2D eigenvalue weighted by Crippen LogP contribution is 2.33. The first-order valence-electron chi connectivity index (χ1n) is 8.53. The lowest BCUT2D eigenvalue weighted by atomic mass is 9.91. The van der Waals surface area contributed by atoms with Gasteiger partial charge in [-0.2, -0.15) is 0 Å². The number of nitrogens with two attached hydrogens (primary N) is 1. The maximum atomic E-state index is 12.1. The van der Waals surface area contributed by atoms with Crippen LogP contribution in [0.4, 0.5) is 4.79 Å². The molecule has 3 aliphatic rings. The van der Waals surface area contributed by atoms with Crippen LogP contribution in [0.1, 0.15) is 57.8 Å². The molecule has 118 valence electrons. The lowest BCUT2D eigenvalue weighted by Gasteiger charge is -2.42. The Bertz CT molecular complexity index is 394. The van der Waals surface area contributed by atoms with Crippen molar-refractivity contribution in [2.24, 2.45) is 11.7 Å². The van der Waals surface area contributed by atoms with Gasteiger partial charge in [0.05, 0.1) is 0 Å². The van der Waals surface area contributed by atoms with E-state index in [0.717, 1.165) is 51.6 Å². The summed E-state index contributed by atoms with van der Waals surface area (Å²) >= 11 is 0. The quantitative estimate of drug-likeness (QED) is 0.866. The zero-order chi connectivity index (χ0) is 14.8. The number of hydrogen-bond acceptors (Lipinski definition) is 2. The number of amides is 3. The summed E-state index contributed by atoms with van der Waals surface area (Å²) in [5, 5.41) is 0. The van der Waals surface area contributed by atoms with Gasteiger partial charge in [-0.25, -0.2) is 4.79 Å². The lowest BCUT2D eigenvalue weighted by Crippen LogP contribution is -2.54. The molecule has 0 atom stereocenters. The molecule has 0 unspecified atom stereocenters. The molecule has 1 heterocycles. The molecular formula is C16H27N3O2. The predicted octanol–water partition coefficient (Wildman–Crippen LogP) is 2.10. The Morgan fingerprint density at radius 2 is 1.43 bits per heavy atom. The van der Waals surface area contributed by atoms with Crippen molar-refractivity contribution < 1.29 is 9.59 Å². The molecule has 21 heavy (non-hydrogen) atoms. The number of nitrogens with zero attached hydrogens (tertiary/aromatic N) is 2. The Hall–Kier alpha value is -1.26. The molecule has 2 saturated carbocycles. The number of carbonyl (C=O) groups excluding carboxylic acids is 2. The summed E-state index contributed by atoms with van der Waals surface area (Å²) in [6, 6.07) is 0.287. The second kappa shape index (κ2) is 6.24. The van der Waals surface area contributed by atoms with Crippen molar-refractivity contribution in [2.75, 3.05) is 13.1 Å². The Labute approximate surface area is 126 Å². The minimum Gasteiger partial charge on any atom is -0.351 e. The summed E-state index contributed by atoms with van der Waals surface area (Å²) in [4.78, 5) is 27.9. The number of hydrogen-bond donors (Lipinski definition) is 1. The molecular weight excluding hydrogens is 266 g/mol. The van der Waals surface area contributed by atoms with Crippen LogP contribution in [0.3, 0.4) is 0 Å². The lowest BCUT2D eigenvalue weighted by molar-refractivity contribution is -0.134. The van der Waals surface area contributed by atoms with Gasteiger partial charge in [-0.15, -0.1) is 0 Å². The zero-order valence-corrected chi connectivity index (χ0v) is 12.8. The first-order chi connectivity index (χ1) is 10.2. The highest BCUT2D eigenvalue weighted by molar-refractivity contribution is 5.81. The number of likely N-dealkylation sites (tertiary alicyclic amines) is 1. The molecule has 0 bridgehead atoms. The van der Waals surface area contributed by atoms with Gasteiger partial charge in [0.15, 0.2) is 0 Å². The highest BCUT2D eigenvalue weighted by atomic mass is 16.2. The molecule has 0 spiro atoms. The zero-order valence-electron chi connectivity index (χ0n) is 12.8. The fourth-order valence-electron chi connectivity index (χ4n) is 3.97. The van der Waals surface area contributed by atoms with E-state index in [1.54, 1.807) is 0 Å². The number of carbonyl (C=O) groups is 2. The van der Waals surface area contributed by atoms with E-state index in [9.17, 15) is 9.59 Å². The van der Waals surface area contributed by atoms with E-state index in [4.69, 9.17) is 5.73 Å². The third kappa shape index (κ3) is 3.33. The van der Waals surface area contributed by atoms with Gasteiger partial charge >= 0.3 is 6.03 Å². The molecule has 1 aliphatic heterocycles. The van der Waals surface area contributed by atoms with Gasteiger partial charge in [-0.3, -0.25) is 4.79 Å². The monoisotopic (exact) mass is 293 g/mol. The van der Waals surface area contributed by atoms with Gasteiger partial charge < -0.3 is 15.5 Å². The third-order valence-electron chi connectivity index (χ3n) is 5.32. The molecule has 2 N–H and O–H groups in total. The first kappa shape index (κ1) is 14.7. The number of primary amides is 1. The second-order valence-electron chi connectivity index (χ2n) is 6.87. The minimum absolute atomic E-state index is 0.230. The Morgan fingerprint density at radius 3 is 1.95 bits per heavy atom. The predicted molar refractivity (Wildman–Crippen MR) is 80.6 cm³/mol. The van der Waals surface area contributed by atoms with Gasteiger partial charge in [-0.05, 0) is 38.5 Å². The van der Waals surface area contributed by atoms with E-state index >= 15 is 0 Å². The van der Waals surface area contributed by atoms with Crippen LogP contribution in [0.25, 0.3) is 0 Å². The summed E-state index contributed by atoms with van der Waals surface area (Å²) < 4.78 is 0. The van der Waals surface area contributed by atoms with Gasteiger partial charge in [0.25, 0.3) is 0 Å². The highest BCUT2D eigenvalue weighted by Gasteiger charge is 2.37. The summed E-state index contributed by atoms with van der Waals surface area (Å²) in [5.41, 5.74) is 5.66. The van der Waals surface area contributed by atoms with Gasteiger partial charge in [0, 0.05) is 31.1 Å². The summed E-state index contributed by atoms with van der Waals surface area (Å²) in [6.07, 6.45) is 9.75. The van der Waals surface area contributed by atoms with Crippen molar-refractivity contribution in [3.8, 4) is 0 Å². The number of piperidine rings is 1. The van der Waals surface area contributed by atoms with Crippen molar-refractivity contribution in [1.29, 1.82) is 0 Å². The fraction of sp³-hybridized carbons (Fsp3) is 0.875. The Kier molecular flexibility index (Phi) is 4.36. The standard InChI is InChI=1S/C16H27N3O2/c17-16(21)19(13-4-2-1-3-5-13)14-8-10-18(11-9-14)15(20)12-6-7-12/h12-14H,1-11H2,(H2,17,21). The topological polar surface area (TPSA) is 66.6 Å². The van der Waals surface area contributed by atoms with Gasteiger partial charge in [0.2, 0.25) is 5.91 Å². The summed E-state index contributed by atoms with van der Waals surface area (Å²) in [5.74, 6) is 0.629. The average molecular weight is 293 g/mol. The molecule has 5 nitrogen and oxygen atoms in total. The second-order valence-corrected chi connectivity index (χ2v) is 6.87. The van der Waals surface area contributed by atoms with Crippen molar-refractivity contribution in [3.05, 3.63) is 0 Å². The molecule has 1 saturated heterocycles. The van der Waals surface area contributed by atoms with Crippen molar-refractivity contribution in [1.82, 2.24) is 9.80 Å². The van der Waals surface area contributed by atoms with Crippen LogP contribution >= 0.6 is 0 Å². The minimum atomic E-state index is -0.270. The van der Waals surface area contributed by atoms with Crippen LogP contribution in [0, 0.1) is 5.92 Å². The summed E-state index contributed by atoms with van der Waals surface area (Å²) in [7, 11) is 0. The molecule has 3 amide bonds.